The van der Waals surface area contributed by atoms with E-state index in [-0.39, 0.29) is 11.5 Å². The van der Waals surface area contributed by atoms with Gasteiger partial charge in [-0.25, -0.2) is 4.79 Å². The van der Waals surface area contributed by atoms with Crippen LogP contribution in [0.4, 0.5) is 5.69 Å². The van der Waals surface area contributed by atoms with E-state index in [9.17, 15) is 14.7 Å². The van der Waals surface area contributed by atoms with Gasteiger partial charge in [0.1, 0.15) is 0 Å². The van der Waals surface area contributed by atoms with Gasteiger partial charge in [0.15, 0.2) is 0 Å². The van der Waals surface area contributed by atoms with E-state index >= 15 is 0 Å². The molecule has 0 spiro atoms. The molecule has 1 fully saturated rings. The van der Waals surface area contributed by atoms with Crippen LogP contribution in [0.5, 0.6) is 0 Å². The Morgan fingerprint density at radius 2 is 1.73 bits per heavy atom. The quantitative estimate of drug-likeness (QED) is 0.618. The fraction of sp³-hybridized carbons (Fsp3) is 0.320. The summed E-state index contributed by atoms with van der Waals surface area (Å²) in [5.74, 6) is -1.22. The summed E-state index contributed by atoms with van der Waals surface area (Å²) < 4.78 is 6.99. The Morgan fingerprint density at radius 1 is 1.00 bits per heavy atom. The third-order valence-corrected chi connectivity index (χ3v) is 6.65. The number of benzene rings is 2. The number of aromatic nitrogens is 2. The molecule has 0 radical (unpaired) electrons. The van der Waals surface area contributed by atoms with E-state index in [2.05, 4.69) is 4.90 Å². The Morgan fingerprint density at radius 3 is 2.45 bits per heavy atom. The number of aromatic carboxylic acids is 1. The fourth-order valence-electron chi connectivity index (χ4n) is 4.67. The monoisotopic (exact) mass is 465 g/mol. The van der Waals surface area contributed by atoms with E-state index in [4.69, 9.17) is 21.4 Å². The normalized spacial score (nSPS) is 15.8. The van der Waals surface area contributed by atoms with E-state index in [1.807, 2.05) is 12.1 Å². The second-order valence-electron chi connectivity index (χ2n) is 8.31. The number of rotatable bonds is 4. The lowest BCUT2D eigenvalue weighted by Crippen LogP contribution is -2.37. The van der Waals surface area contributed by atoms with Crippen LogP contribution in [0.2, 0.25) is 5.02 Å². The minimum absolute atomic E-state index is 0.217. The summed E-state index contributed by atoms with van der Waals surface area (Å²) >= 11 is 6.57. The first-order chi connectivity index (χ1) is 16.0. The zero-order valence-electron chi connectivity index (χ0n) is 18.1. The molecule has 0 saturated carbocycles. The van der Waals surface area contributed by atoms with Crippen molar-refractivity contribution in [1.29, 1.82) is 0 Å². The molecule has 1 aliphatic carbocycles. The molecule has 0 unspecified atom stereocenters. The molecule has 2 aromatic carbocycles. The highest BCUT2D eigenvalue weighted by atomic mass is 35.5. The number of nitrogens with zero attached hydrogens (tertiary/aromatic N) is 3. The van der Waals surface area contributed by atoms with Crippen LogP contribution < -0.4 is 4.90 Å². The highest BCUT2D eigenvalue weighted by molar-refractivity contribution is 6.34. The van der Waals surface area contributed by atoms with Crippen LogP contribution in [-0.2, 0) is 17.6 Å². The lowest BCUT2D eigenvalue weighted by atomic mass is 9.93. The zero-order chi connectivity index (χ0) is 22.9. The summed E-state index contributed by atoms with van der Waals surface area (Å²) in [6, 6.07) is 12.2. The van der Waals surface area contributed by atoms with Crippen molar-refractivity contribution >= 4 is 29.2 Å². The van der Waals surface area contributed by atoms with E-state index in [1.165, 1.54) is 4.68 Å². The molecule has 1 N–H and O–H groups in total. The van der Waals surface area contributed by atoms with Gasteiger partial charge in [-0.1, -0.05) is 29.8 Å². The lowest BCUT2D eigenvalue weighted by Gasteiger charge is -2.30. The Kier molecular flexibility index (Phi) is 5.91. The van der Waals surface area contributed by atoms with Gasteiger partial charge in [0.05, 0.1) is 46.4 Å². The molecule has 2 heterocycles. The number of ether oxygens (including phenoxy) is 1. The largest absolute Gasteiger partial charge is 0.478 e. The van der Waals surface area contributed by atoms with Gasteiger partial charge in [-0.05, 0) is 49.9 Å². The third kappa shape index (κ3) is 4.03. The molecular weight excluding hydrogens is 442 g/mol. The molecule has 2 aliphatic rings. The van der Waals surface area contributed by atoms with Crippen molar-refractivity contribution in [2.75, 3.05) is 31.2 Å². The molecule has 3 aromatic rings. The molecule has 170 valence electrons. The molecule has 0 bridgehead atoms. The van der Waals surface area contributed by atoms with Gasteiger partial charge in [0.25, 0.3) is 5.91 Å². The van der Waals surface area contributed by atoms with Crippen LogP contribution in [0.15, 0.2) is 42.5 Å². The molecule has 1 saturated heterocycles. The third-order valence-electron chi connectivity index (χ3n) is 6.34. The van der Waals surface area contributed by atoms with Crippen LogP contribution in [0.3, 0.4) is 0 Å². The molecule has 0 atom stereocenters. The number of carbonyl (C=O) groups excluding carboxylic acids is 1. The first-order valence-corrected chi connectivity index (χ1v) is 11.5. The number of morpholine rings is 1. The number of carboxylic acids is 1. The highest BCUT2D eigenvalue weighted by Gasteiger charge is 2.29. The Bertz CT molecular complexity index is 1210. The molecule has 7 nitrogen and oxygen atoms in total. The van der Waals surface area contributed by atoms with Crippen molar-refractivity contribution < 1.29 is 19.4 Å². The maximum absolute atomic E-state index is 13.9. The minimum atomic E-state index is -0.973. The second-order valence-corrected chi connectivity index (χ2v) is 8.72. The standard InChI is InChI=1S/C25H24ClN3O4/c26-19-5-3-7-21(28-12-14-33-15-13-28)22(19)24(30)29-20-6-2-1-4-18(20)23(27-29)16-8-10-17(11-9-16)25(31)32/h3,5,7-11H,1-2,4,6,12-15H2,(H,31,32). The zero-order valence-corrected chi connectivity index (χ0v) is 18.8. The smallest absolute Gasteiger partial charge is 0.335 e. The summed E-state index contributed by atoms with van der Waals surface area (Å²) in [7, 11) is 0. The summed E-state index contributed by atoms with van der Waals surface area (Å²) in [5.41, 5.74) is 4.96. The van der Waals surface area contributed by atoms with Gasteiger partial charge in [0.2, 0.25) is 0 Å². The number of halogens is 1. The first-order valence-electron chi connectivity index (χ1n) is 11.1. The molecule has 1 aromatic heterocycles. The van der Waals surface area contributed by atoms with E-state index < -0.39 is 5.97 Å². The molecule has 33 heavy (non-hydrogen) atoms. The molecule has 8 heteroatoms. The maximum atomic E-state index is 13.9. The van der Waals surface area contributed by atoms with Crippen molar-refractivity contribution in [2.24, 2.45) is 0 Å². The Hall–Kier alpha value is -3.16. The van der Waals surface area contributed by atoms with Gasteiger partial charge in [-0.15, -0.1) is 0 Å². The van der Waals surface area contributed by atoms with Crippen molar-refractivity contribution in [3.63, 3.8) is 0 Å². The minimum Gasteiger partial charge on any atom is -0.478 e. The molecular formula is C25H24ClN3O4. The first kappa shape index (κ1) is 21.7. The van der Waals surface area contributed by atoms with Crippen LogP contribution in [0.1, 0.15) is 44.8 Å². The molecule has 0 amide bonds. The predicted molar refractivity (Wildman–Crippen MR) is 125 cm³/mol. The van der Waals surface area contributed by atoms with Gasteiger partial charge in [0, 0.05) is 24.2 Å². The number of hydrogen-bond donors (Lipinski definition) is 1. The Balaban J connectivity index is 1.59. The Labute approximate surface area is 196 Å². The van der Waals surface area contributed by atoms with Crippen LogP contribution in [-0.4, -0.2) is 53.1 Å². The molecule has 1 aliphatic heterocycles. The number of hydrogen-bond acceptors (Lipinski definition) is 5. The van der Waals surface area contributed by atoms with Gasteiger partial charge < -0.3 is 14.7 Å². The summed E-state index contributed by atoms with van der Waals surface area (Å²) in [6.45, 7) is 2.60. The van der Waals surface area contributed by atoms with Crippen molar-refractivity contribution in [3.05, 3.63) is 69.9 Å². The van der Waals surface area contributed by atoms with Crippen LogP contribution in [0.25, 0.3) is 11.3 Å². The van der Waals surface area contributed by atoms with Gasteiger partial charge in [-0.3, -0.25) is 4.79 Å². The van der Waals surface area contributed by atoms with Crippen LogP contribution >= 0.6 is 11.6 Å². The molecule has 5 rings (SSSR count). The van der Waals surface area contributed by atoms with E-state index in [0.717, 1.165) is 53.9 Å². The van der Waals surface area contributed by atoms with Gasteiger partial charge >= 0.3 is 5.97 Å². The average molecular weight is 466 g/mol. The van der Waals surface area contributed by atoms with Crippen molar-refractivity contribution in [3.8, 4) is 11.3 Å². The number of fused-ring (bicyclic) bond motifs is 1. The van der Waals surface area contributed by atoms with Gasteiger partial charge in [-0.2, -0.15) is 9.78 Å². The topological polar surface area (TPSA) is 84.7 Å². The van der Waals surface area contributed by atoms with Crippen molar-refractivity contribution in [2.45, 2.75) is 25.7 Å². The lowest BCUT2D eigenvalue weighted by molar-refractivity contribution is 0.0696. The summed E-state index contributed by atoms with van der Waals surface area (Å²) in [5, 5.41) is 14.4. The van der Waals surface area contributed by atoms with E-state index in [1.54, 1.807) is 30.3 Å². The maximum Gasteiger partial charge on any atom is 0.335 e. The van der Waals surface area contributed by atoms with Crippen molar-refractivity contribution in [1.82, 2.24) is 9.78 Å². The fourth-order valence-corrected chi connectivity index (χ4v) is 4.92. The van der Waals surface area contributed by atoms with E-state index in [0.29, 0.717) is 36.9 Å². The number of carbonyl (C=O) groups is 2. The second kappa shape index (κ2) is 9.00. The number of anilines is 1. The predicted octanol–water partition coefficient (Wildman–Crippen LogP) is 4.31. The SMILES string of the molecule is O=C(O)c1ccc(-c2nn(C(=O)c3c(Cl)cccc3N3CCOCC3)c3c2CCCC3)cc1. The average Bonchev–Trinajstić information content (AvgIpc) is 3.24. The highest BCUT2D eigenvalue weighted by Crippen LogP contribution is 2.34. The summed E-state index contributed by atoms with van der Waals surface area (Å²) in [4.78, 5) is 27.2. The summed E-state index contributed by atoms with van der Waals surface area (Å²) in [6.07, 6.45) is 3.61. The number of carboxylic acid groups (broad SMARTS) is 1. The van der Waals surface area contributed by atoms with Crippen LogP contribution in [0, 0.1) is 0 Å².